The molecule has 2 aromatic carbocycles. The molecule has 1 aromatic heterocycles. The van der Waals surface area contributed by atoms with E-state index in [9.17, 15) is 24.0 Å². The molecule has 7 rings (SSSR count). The quantitative estimate of drug-likeness (QED) is 0.0831. The van der Waals surface area contributed by atoms with E-state index in [1.54, 1.807) is 25.3 Å². The number of aliphatic imine (C=N–C) groups is 1. The van der Waals surface area contributed by atoms with E-state index in [-0.39, 0.29) is 43.4 Å². The van der Waals surface area contributed by atoms with Gasteiger partial charge >= 0.3 is 0 Å². The number of benzene rings is 2. The first-order valence-electron chi connectivity index (χ1n) is 24.8. The van der Waals surface area contributed by atoms with Crippen molar-refractivity contribution in [3.63, 3.8) is 0 Å². The molecule has 0 unspecified atom stereocenters. The summed E-state index contributed by atoms with van der Waals surface area (Å²) < 4.78 is 20.6. The van der Waals surface area contributed by atoms with Crippen LogP contribution in [0.5, 0.6) is 0 Å². The van der Waals surface area contributed by atoms with Crippen LogP contribution in [0, 0.1) is 23.2 Å². The number of hydrazine groups is 1. The van der Waals surface area contributed by atoms with E-state index in [1.807, 2.05) is 45.9 Å². The lowest BCUT2D eigenvalue weighted by Crippen LogP contribution is -2.66. The number of rotatable bonds is 14. The monoisotopic (exact) mass is 960 g/mol. The number of methoxy groups -OCH3 is 1. The van der Waals surface area contributed by atoms with Crippen LogP contribution in [0.25, 0.3) is 27.6 Å². The maximum Gasteiger partial charge on any atom is 0.259 e. The Labute approximate surface area is 413 Å². The van der Waals surface area contributed by atoms with Crippen molar-refractivity contribution in [1.82, 2.24) is 30.1 Å². The van der Waals surface area contributed by atoms with Crippen LogP contribution in [0.4, 0.5) is 0 Å². The van der Waals surface area contributed by atoms with E-state index >= 15 is 0 Å². The van der Waals surface area contributed by atoms with Crippen molar-refractivity contribution in [3.05, 3.63) is 90.3 Å². The topological polar surface area (TPSA) is 164 Å². The standard InChI is InChI=1S/C55H73N7O8/c1-11-42(48(56-13-3)36(6)68-10)50-44-27-54(7,8)33-70-34-55(32-63)21-15-22-62(58-55)53(67)45(57-51(65)49(35(4)5)59(9)52(66)41-20-23-60(29-41)47(64)12-2)25-37-16-14-17-39(24-37)40-18-19-46(43(44)26-40)61(50)28-38-30-69-31-38/h11-14,16-19,24,26,32,35-36,38,41,45,49,58H,1-2,15,20-23,25,27-31,33-34H2,3-10H3,(H,57,65)/b48-42+,56-13?/t36-,41-,45-,49-,55-/m0/s1. The predicted octanol–water partition coefficient (Wildman–Crippen LogP) is 6.19. The van der Waals surface area contributed by atoms with Gasteiger partial charge in [0.1, 0.15) is 23.9 Å². The number of carbonyl (C=O) groups excluding carboxylic acids is 5. The van der Waals surface area contributed by atoms with Gasteiger partial charge in [-0.2, -0.15) is 0 Å². The lowest BCUT2D eigenvalue weighted by atomic mass is 9.83. The number of fused-ring (bicyclic) bond motifs is 6. The summed E-state index contributed by atoms with van der Waals surface area (Å²) in [5, 5.41) is 5.61. The number of nitrogens with one attached hydrogen (secondary N) is 2. The lowest BCUT2D eigenvalue weighted by molar-refractivity contribution is -0.148. The van der Waals surface area contributed by atoms with Crippen molar-refractivity contribution in [2.75, 3.05) is 60.2 Å². The summed E-state index contributed by atoms with van der Waals surface area (Å²) in [6, 6.07) is 12.6. The number of aldehydes is 1. The number of amides is 4. The van der Waals surface area contributed by atoms with Gasteiger partial charge in [-0.1, -0.05) is 77.3 Å². The second-order valence-corrected chi connectivity index (χ2v) is 20.7. The number of hydrogen-bond acceptors (Lipinski definition) is 10. The van der Waals surface area contributed by atoms with Gasteiger partial charge in [0.25, 0.3) is 5.91 Å². The molecule has 3 fully saturated rings. The molecule has 5 heterocycles. The summed E-state index contributed by atoms with van der Waals surface area (Å²) >= 11 is 0. The summed E-state index contributed by atoms with van der Waals surface area (Å²) in [7, 11) is 3.29. The second kappa shape index (κ2) is 22.1. The zero-order chi connectivity index (χ0) is 50.5. The smallest absolute Gasteiger partial charge is 0.259 e. The number of aromatic nitrogens is 1. The van der Waals surface area contributed by atoms with Gasteiger partial charge in [-0.3, -0.25) is 29.2 Å². The van der Waals surface area contributed by atoms with Crippen molar-refractivity contribution in [2.24, 2.45) is 28.2 Å². The molecule has 0 spiro atoms. The summed E-state index contributed by atoms with van der Waals surface area (Å²) in [5.41, 5.74) is 9.15. The highest BCUT2D eigenvalue weighted by molar-refractivity contribution is 5.96. The van der Waals surface area contributed by atoms with Gasteiger partial charge in [0, 0.05) is 75.4 Å². The Morgan fingerprint density at radius 2 is 1.80 bits per heavy atom. The van der Waals surface area contributed by atoms with E-state index in [1.165, 1.54) is 16.0 Å². The minimum Gasteiger partial charge on any atom is -0.381 e. The number of hydrogen-bond donors (Lipinski definition) is 2. The fraction of sp³-hybridized carbons (Fsp3) is 0.527. The van der Waals surface area contributed by atoms with E-state index in [2.05, 4.69) is 72.6 Å². The molecule has 0 saturated carbocycles. The molecule has 376 valence electrons. The van der Waals surface area contributed by atoms with Crippen LogP contribution in [0.15, 0.2) is 78.5 Å². The molecule has 3 aromatic rings. The third-order valence-corrected chi connectivity index (χ3v) is 14.4. The first-order chi connectivity index (χ1) is 33.5. The number of ether oxygens (including phenoxy) is 3. The summed E-state index contributed by atoms with van der Waals surface area (Å²) in [5.74, 6) is -1.85. The van der Waals surface area contributed by atoms with E-state index in [0.717, 1.165) is 63.0 Å². The summed E-state index contributed by atoms with van der Waals surface area (Å²) in [4.78, 5) is 77.0. The van der Waals surface area contributed by atoms with Gasteiger partial charge in [-0.25, -0.2) is 5.43 Å². The van der Waals surface area contributed by atoms with Crippen LogP contribution in [0.3, 0.4) is 0 Å². The molecule has 2 N–H and O–H groups in total. The fourth-order valence-electron chi connectivity index (χ4n) is 10.7. The lowest BCUT2D eigenvalue weighted by Gasteiger charge is -2.42. The predicted molar refractivity (Wildman–Crippen MR) is 273 cm³/mol. The highest BCUT2D eigenvalue weighted by Crippen LogP contribution is 2.41. The Hall–Kier alpha value is -5.74. The van der Waals surface area contributed by atoms with Crippen LogP contribution in [0.1, 0.15) is 77.6 Å². The maximum absolute atomic E-state index is 14.9. The molecule has 4 aliphatic heterocycles. The van der Waals surface area contributed by atoms with Crippen molar-refractivity contribution in [2.45, 2.75) is 104 Å². The van der Waals surface area contributed by atoms with Crippen LogP contribution < -0.4 is 10.7 Å². The normalized spacial score (nSPS) is 23.3. The third-order valence-electron chi connectivity index (χ3n) is 14.4. The van der Waals surface area contributed by atoms with Gasteiger partial charge in [-0.15, -0.1) is 0 Å². The molecule has 4 amide bonds. The number of likely N-dealkylation sites (tertiary alicyclic amines) is 1. The number of likely N-dealkylation sites (N-methyl/N-ethyl adjacent to an activating group) is 1. The average Bonchev–Trinajstić information content (AvgIpc) is 3.94. The van der Waals surface area contributed by atoms with Crippen LogP contribution in [-0.2, 0) is 57.6 Å². The van der Waals surface area contributed by atoms with E-state index in [4.69, 9.17) is 19.2 Å². The van der Waals surface area contributed by atoms with Crippen LogP contribution in [-0.4, -0.2) is 139 Å². The van der Waals surface area contributed by atoms with Gasteiger partial charge < -0.3 is 38.7 Å². The fourth-order valence-corrected chi connectivity index (χ4v) is 10.7. The molecule has 5 atom stereocenters. The average molecular weight is 960 g/mol. The zero-order valence-corrected chi connectivity index (χ0v) is 42.4. The largest absolute Gasteiger partial charge is 0.381 e. The van der Waals surface area contributed by atoms with Gasteiger partial charge in [0.15, 0.2) is 0 Å². The van der Waals surface area contributed by atoms with Crippen molar-refractivity contribution in [3.8, 4) is 11.1 Å². The van der Waals surface area contributed by atoms with Crippen molar-refractivity contribution in [1.29, 1.82) is 0 Å². The minimum atomic E-state index is -1.21. The van der Waals surface area contributed by atoms with Crippen LogP contribution >= 0.6 is 0 Å². The number of carbonyl (C=O) groups is 5. The van der Waals surface area contributed by atoms with Gasteiger partial charge in [-0.05, 0) is 91.3 Å². The molecular weight excluding hydrogens is 887 g/mol. The molecular formula is C55H73N7O8. The van der Waals surface area contributed by atoms with Gasteiger partial charge in [0.05, 0.1) is 49.8 Å². The molecule has 70 heavy (non-hydrogen) atoms. The molecule has 3 saturated heterocycles. The molecule has 6 bridgehead atoms. The van der Waals surface area contributed by atoms with E-state index in [0.29, 0.717) is 64.5 Å². The SMILES string of the molecule is C=CC(=O)N1CC[C@H](C(=O)N(C)[C@H](C(=O)N[C@H]2Cc3cccc(c3)-c3ccc4c(c3)c(c(/C(C=C)=C(/N=CC)[C@H](C)OC)n4CC3COC3)CC(C)(C)COC[C@@]3(C=O)CCCN(N3)C2=O)C(C)C)C1. The minimum absolute atomic E-state index is 0.0150. The van der Waals surface area contributed by atoms with Crippen molar-refractivity contribution >= 4 is 52.6 Å². The Kier molecular flexibility index (Phi) is 16.5. The van der Waals surface area contributed by atoms with Crippen molar-refractivity contribution < 1.29 is 38.2 Å². The first kappa shape index (κ1) is 52.1. The third kappa shape index (κ3) is 11.1. The first-order valence-corrected chi connectivity index (χ1v) is 24.8. The summed E-state index contributed by atoms with van der Waals surface area (Å²) in [6.45, 7) is 23.2. The maximum atomic E-state index is 14.9. The highest BCUT2D eigenvalue weighted by Gasteiger charge is 2.42. The molecule has 0 aliphatic carbocycles. The molecule has 0 radical (unpaired) electrons. The Bertz CT molecular complexity index is 2540. The number of allylic oxidation sites excluding steroid dienone is 2. The molecule has 4 aliphatic rings. The molecule has 15 nitrogen and oxygen atoms in total. The molecule has 15 heteroatoms. The highest BCUT2D eigenvalue weighted by atomic mass is 16.5. The summed E-state index contributed by atoms with van der Waals surface area (Å²) in [6.07, 6.45) is 7.59. The Morgan fingerprint density at radius 3 is 2.46 bits per heavy atom. The second-order valence-electron chi connectivity index (χ2n) is 20.7. The Balaban J connectivity index is 1.33. The van der Waals surface area contributed by atoms with E-state index < -0.39 is 40.8 Å². The zero-order valence-electron chi connectivity index (χ0n) is 42.4. The Morgan fingerprint density at radius 1 is 1.04 bits per heavy atom. The van der Waals surface area contributed by atoms with Crippen LogP contribution in [0.2, 0.25) is 0 Å². The van der Waals surface area contributed by atoms with Gasteiger partial charge in [0.2, 0.25) is 17.7 Å². The number of nitrogens with zero attached hydrogens (tertiary/aromatic N) is 5.